The molecule has 0 aliphatic carbocycles. The van der Waals surface area contributed by atoms with Crippen LogP contribution >= 0.6 is 0 Å². The van der Waals surface area contributed by atoms with Crippen LogP contribution in [0, 0.1) is 5.82 Å². The predicted molar refractivity (Wildman–Crippen MR) is 108 cm³/mol. The summed E-state index contributed by atoms with van der Waals surface area (Å²) in [6.45, 7) is 5.35. The molecule has 2 aromatic rings. The molecular formula is C21H23F4N3O4. The molecule has 0 spiro atoms. The number of carbonyl (C=O) groups is 2. The van der Waals surface area contributed by atoms with Gasteiger partial charge < -0.3 is 20.5 Å². The summed E-state index contributed by atoms with van der Waals surface area (Å²) in [5.41, 5.74) is -2.12. The number of carboxylic acids is 1. The summed E-state index contributed by atoms with van der Waals surface area (Å²) < 4.78 is 57.9. The summed E-state index contributed by atoms with van der Waals surface area (Å²) in [6, 6.07) is 4.16. The first-order valence-electron chi connectivity index (χ1n) is 9.59. The van der Waals surface area contributed by atoms with Gasteiger partial charge in [0.2, 0.25) is 0 Å². The van der Waals surface area contributed by atoms with E-state index in [0.717, 1.165) is 6.07 Å². The predicted octanol–water partition coefficient (Wildman–Crippen LogP) is 5.14. The monoisotopic (exact) mass is 457 g/mol. The molecule has 0 fully saturated rings. The number of anilines is 2. The van der Waals surface area contributed by atoms with Gasteiger partial charge in [0.05, 0.1) is 5.69 Å². The average molecular weight is 457 g/mol. The lowest BCUT2D eigenvalue weighted by atomic mass is 10.1. The van der Waals surface area contributed by atoms with Crippen LogP contribution in [-0.4, -0.2) is 34.3 Å². The standard InChI is InChI=1S/C21H23F4N3O4/c1-20(2,3)32-19(31)26-8-4-5-12-9-13(22)6-7-15(12)28-16-10-17(21(23,24)25)27-11-14(16)18(29)30/h6-7,9-11H,4-5,8H2,1-3H3,(H,26,31)(H,27,28)(H,29,30). The van der Waals surface area contributed by atoms with Gasteiger partial charge in [-0.3, -0.25) is 4.98 Å². The van der Waals surface area contributed by atoms with Crippen molar-refractivity contribution in [3.8, 4) is 0 Å². The molecule has 1 heterocycles. The molecule has 1 amide bonds. The Morgan fingerprint density at radius 1 is 1.12 bits per heavy atom. The summed E-state index contributed by atoms with van der Waals surface area (Å²) in [4.78, 5) is 26.3. The van der Waals surface area contributed by atoms with Crippen molar-refractivity contribution >= 4 is 23.4 Å². The smallest absolute Gasteiger partial charge is 0.433 e. The van der Waals surface area contributed by atoms with Crippen LogP contribution in [0.15, 0.2) is 30.5 Å². The number of amides is 1. The van der Waals surface area contributed by atoms with Crippen LogP contribution in [0.2, 0.25) is 0 Å². The lowest BCUT2D eigenvalue weighted by molar-refractivity contribution is -0.141. The van der Waals surface area contributed by atoms with Gasteiger partial charge in [-0.15, -0.1) is 0 Å². The number of hydrogen-bond donors (Lipinski definition) is 3. The molecule has 0 unspecified atom stereocenters. The van der Waals surface area contributed by atoms with Crippen LogP contribution < -0.4 is 10.6 Å². The summed E-state index contributed by atoms with van der Waals surface area (Å²) in [5.74, 6) is -2.05. The van der Waals surface area contributed by atoms with Crippen LogP contribution in [0.3, 0.4) is 0 Å². The third kappa shape index (κ3) is 7.40. The van der Waals surface area contributed by atoms with E-state index in [0.29, 0.717) is 24.2 Å². The first-order valence-corrected chi connectivity index (χ1v) is 9.59. The number of benzene rings is 1. The minimum atomic E-state index is -4.77. The number of aromatic nitrogens is 1. The first kappa shape index (κ1) is 24.9. The highest BCUT2D eigenvalue weighted by atomic mass is 19.4. The van der Waals surface area contributed by atoms with Crippen molar-refractivity contribution in [3.05, 3.63) is 53.1 Å². The topological polar surface area (TPSA) is 101 Å². The fourth-order valence-electron chi connectivity index (χ4n) is 2.70. The lowest BCUT2D eigenvalue weighted by Crippen LogP contribution is -2.33. The van der Waals surface area contributed by atoms with Gasteiger partial charge in [-0.25, -0.2) is 14.0 Å². The van der Waals surface area contributed by atoms with Crippen molar-refractivity contribution in [1.29, 1.82) is 0 Å². The number of alkyl carbamates (subject to hydrolysis) is 1. The molecule has 174 valence electrons. The van der Waals surface area contributed by atoms with Crippen LogP contribution in [0.4, 0.5) is 33.7 Å². The number of nitrogens with zero attached hydrogens (tertiary/aromatic N) is 1. The maximum Gasteiger partial charge on any atom is 0.433 e. The fourth-order valence-corrected chi connectivity index (χ4v) is 2.70. The molecule has 0 aliphatic rings. The minimum Gasteiger partial charge on any atom is -0.478 e. The van der Waals surface area contributed by atoms with Crippen molar-refractivity contribution in [1.82, 2.24) is 10.3 Å². The van der Waals surface area contributed by atoms with Gasteiger partial charge in [0.15, 0.2) is 0 Å². The molecular weight excluding hydrogens is 434 g/mol. The molecule has 32 heavy (non-hydrogen) atoms. The van der Waals surface area contributed by atoms with Gasteiger partial charge in [-0.2, -0.15) is 13.2 Å². The zero-order valence-electron chi connectivity index (χ0n) is 17.6. The minimum absolute atomic E-state index is 0.207. The number of aromatic carboxylic acids is 1. The second-order valence-corrected chi connectivity index (χ2v) is 7.88. The van der Waals surface area contributed by atoms with E-state index < -0.39 is 40.9 Å². The van der Waals surface area contributed by atoms with Crippen molar-refractivity contribution in [2.45, 2.75) is 45.4 Å². The van der Waals surface area contributed by atoms with Gasteiger partial charge >= 0.3 is 18.2 Å². The number of nitrogens with one attached hydrogen (secondary N) is 2. The summed E-state index contributed by atoms with van der Waals surface area (Å²) in [7, 11) is 0. The first-order chi connectivity index (χ1) is 14.8. The van der Waals surface area contributed by atoms with E-state index in [1.807, 2.05) is 0 Å². The fraction of sp³-hybridized carbons (Fsp3) is 0.381. The Kier molecular flexibility index (Phi) is 7.65. The van der Waals surface area contributed by atoms with Crippen LogP contribution in [-0.2, 0) is 17.3 Å². The number of ether oxygens (including phenoxy) is 1. The van der Waals surface area contributed by atoms with E-state index in [9.17, 15) is 32.3 Å². The Morgan fingerprint density at radius 3 is 2.41 bits per heavy atom. The molecule has 2 rings (SSSR count). The number of aryl methyl sites for hydroxylation is 1. The van der Waals surface area contributed by atoms with Gasteiger partial charge in [-0.1, -0.05) is 0 Å². The summed E-state index contributed by atoms with van der Waals surface area (Å²) >= 11 is 0. The maximum absolute atomic E-state index is 13.8. The molecule has 0 saturated carbocycles. The number of carboxylic acid groups (broad SMARTS) is 1. The molecule has 0 radical (unpaired) electrons. The molecule has 0 atom stereocenters. The van der Waals surface area contributed by atoms with E-state index in [2.05, 4.69) is 15.6 Å². The Bertz CT molecular complexity index is 988. The molecule has 1 aromatic heterocycles. The zero-order chi connectivity index (χ0) is 24.1. The zero-order valence-corrected chi connectivity index (χ0v) is 17.6. The van der Waals surface area contributed by atoms with E-state index in [-0.39, 0.29) is 24.3 Å². The molecule has 3 N–H and O–H groups in total. The quantitative estimate of drug-likeness (QED) is 0.393. The van der Waals surface area contributed by atoms with E-state index in [4.69, 9.17) is 4.74 Å². The molecule has 0 aliphatic heterocycles. The molecule has 7 nitrogen and oxygen atoms in total. The van der Waals surface area contributed by atoms with E-state index >= 15 is 0 Å². The molecule has 0 bridgehead atoms. The SMILES string of the molecule is CC(C)(C)OC(=O)NCCCc1cc(F)ccc1Nc1cc(C(F)(F)F)ncc1C(=O)O. The number of hydrogen-bond acceptors (Lipinski definition) is 5. The van der Waals surface area contributed by atoms with Crippen LogP contribution in [0.1, 0.15) is 48.8 Å². The Morgan fingerprint density at radius 2 is 1.81 bits per heavy atom. The second kappa shape index (κ2) is 9.84. The second-order valence-electron chi connectivity index (χ2n) is 7.88. The highest BCUT2D eigenvalue weighted by Crippen LogP contribution is 2.32. The number of rotatable bonds is 7. The third-order valence-electron chi connectivity index (χ3n) is 4.05. The van der Waals surface area contributed by atoms with Crippen molar-refractivity contribution < 1.29 is 37.0 Å². The van der Waals surface area contributed by atoms with Crippen molar-refractivity contribution in [2.75, 3.05) is 11.9 Å². The largest absolute Gasteiger partial charge is 0.478 e. The number of halogens is 4. The van der Waals surface area contributed by atoms with Gasteiger partial charge in [0.1, 0.15) is 22.7 Å². The third-order valence-corrected chi connectivity index (χ3v) is 4.05. The van der Waals surface area contributed by atoms with Gasteiger partial charge in [0.25, 0.3) is 0 Å². The van der Waals surface area contributed by atoms with E-state index in [1.165, 1.54) is 12.1 Å². The molecule has 0 saturated heterocycles. The van der Waals surface area contributed by atoms with Crippen molar-refractivity contribution in [3.63, 3.8) is 0 Å². The Balaban J connectivity index is 2.18. The van der Waals surface area contributed by atoms with Crippen molar-refractivity contribution in [2.24, 2.45) is 0 Å². The Labute approximate surface area is 181 Å². The lowest BCUT2D eigenvalue weighted by Gasteiger charge is -2.19. The number of carbonyl (C=O) groups excluding carboxylic acids is 1. The summed E-state index contributed by atoms with van der Waals surface area (Å²) in [6.07, 6.45) is -4.16. The van der Waals surface area contributed by atoms with Crippen LogP contribution in [0.25, 0.3) is 0 Å². The van der Waals surface area contributed by atoms with Gasteiger partial charge in [0, 0.05) is 18.4 Å². The van der Waals surface area contributed by atoms with E-state index in [1.54, 1.807) is 20.8 Å². The van der Waals surface area contributed by atoms with Crippen LogP contribution in [0.5, 0.6) is 0 Å². The highest BCUT2D eigenvalue weighted by Gasteiger charge is 2.33. The molecule has 11 heteroatoms. The number of alkyl halides is 3. The number of pyridine rings is 1. The average Bonchev–Trinajstić information content (AvgIpc) is 2.64. The summed E-state index contributed by atoms with van der Waals surface area (Å²) in [5, 5.41) is 14.5. The maximum atomic E-state index is 13.8. The highest BCUT2D eigenvalue weighted by molar-refractivity contribution is 5.95. The normalized spacial score (nSPS) is 11.7. The molecule has 1 aromatic carbocycles. The van der Waals surface area contributed by atoms with Gasteiger partial charge in [-0.05, 0) is 63.4 Å². The Hall–Kier alpha value is -3.37.